The molecule has 0 amide bonds. The van der Waals surface area contributed by atoms with Crippen molar-refractivity contribution in [2.45, 2.75) is 85.7 Å². The Kier molecular flexibility index (Phi) is 8.86. The molecule has 7 atom stereocenters. The summed E-state index contributed by atoms with van der Waals surface area (Å²) in [5.41, 5.74) is 3.14. The van der Waals surface area contributed by atoms with E-state index in [0.717, 1.165) is 23.1 Å². The molecule has 0 radical (unpaired) electrons. The molecule has 0 bridgehead atoms. The highest BCUT2D eigenvalue weighted by molar-refractivity contribution is 5.71. The Morgan fingerprint density at radius 3 is 2.24 bits per heavy atom. The van der Waals surface area contributed by atoms with Crippen LogP contribution in [-0.4, -0.2) is 56.8 Å². The van der Waals surface area contributed by atoms with Gasteiger partial charge in [-0.05, 0) is 91.4 Å². The second-order valence-corrected chi connectivity index (χ2v) is 12.6. The van der Waals surface area contributed by atoms with Gasteiger partial charge in [0.25, 0.3) is 0 Å². The first-order valence-electron chi connectivity index (χ1n) is 13.8. The minimum atomic E-state index is -0.959. The maximum atomic E-state index is 12.6. The average molecular weight is 531 g/mol. The van der Waals surface area contributed by atoms with E-state index in [1.165, 1.54) is 0 Å². The van der Waals surface area contributed by atoms with Gasteiger partial charge in [-0.3, -0.25) is 9.59 Å². The van der Waals surface area contributed by atoms with Gasteiger partial charge in [-0.15, -0.1) is 0 Å². The Bertz CT molecular complexity index is 1070. The predicted octanol–water partition coefficient (Wildman–Crippen LogP) is 4.89. The molecule has 3 aliphatic carbocycles. The van der Waals surface area contributed by atoms with E-state index in [1.54, 1.807) is 6.92 Å². The number of hydrogen-bond acceptors (Lipinski definition) is 5. The molecular formula is C31H46O7. The number of hydrogen-bond donors (Lipinski definition) is 5. The first-order valence-corrected chi connectivity index (χ1v) is 13.8. The smallest absolute Gasteiger partial charge is 0.306 e. The van der Waals surface area contributed by atoms with Crippen molar-refractivity contribution >= 4 is 11.9 Å². The Morgan fingerprint density at radius 1 is 1.05 bits per heavy atom. The molecule has 38 heavy (non-hydrogen) atoms. The zero-order chi connectivity index (χ0) is 28.6. The van der Waals surface area contributed by atoms with Gasteiger partial charge >= 0.3 is 11.9 Å². The van der Waals surface area contributed by atoms with Crippen LogP contribution in [0.5, 0.6) is 0 Å². The van der Waals surface area contributed by atoms with Crippen molar-refractivity contribution in [1.82, 2.24) is 0 Å². The topological polar surface area (TPSA) is 135 Å². The lowest BCUT2D eigenvalue weighted by atomic mass is 9.48. The molecule has 3 aliphatic rings. The zero-order valence-electron chi connectivity index (χ0n) is 23.6. The number of rotatable bonds is 11. The lowest BCUT2D eigenvalue weighted by Crippen LogP contribution is -2.48. The van der Waals surface area contributed by atoms with Crippen LogP contribution in [0, 0.1) is 34.0 Å². The fourth-order valence-electron chi connectivity index (χ4n) is 8.09. The van der Waals surface area contributed by atoms with Crippen molar-refractivity contribution in [3.05, 3.63) is 46.6 Å². The maximum absolute atomic E-state index is 12.6. The summed E-state index contributed by atoms with van der Waals surface area (Å²) in [5, 5.41) is 50.5. The standard InChI is InChI=1S/C31H46O7/c1-18(2)22-9-10-24-23(29(22,4)13-12-26(35)36)11-14-30(5)27(25(34)15-31(24,30)6)21(28(37)38)8-7-20(17-33)19(3)16-32/h10-11,21-22,25,27,32-34H,1,7-9,12-17H2,2-6H3,(H,35,36)(H,37,38)/b20-19-/t21-,22+,25-,27+,29+,30-,31+/m1/s1. The molecule has 3 rings (SSSR count). The fraction of sp³-hybridized carbons (Fsp3) is 0.677. The summed E-state index contributed by atoms with van der Waals surface area (Å²) in [6.07, 6.45) is 6.50. The monoisotopic (exact) mass is 530 g/mol. The van der Waals surface area contributed by atoms with Crippen molar-refractivity contribution in [3.63, 3.8) is 0 Å². The highest BCUT2D eigenvalue weighted by Gasteiger charge is 2.65. The molecule has 0 aliphatic heterocycles. The molecule has 1 fully saturated rings. The molecule has 0 saturated heterocycles. The van der Waals surface area contributed by atoms with E-state index in [-0.39, 0.29) is 32.0 Å². The minimum Gasteiger partial charge on any atom is -0.481 e. The molecule has 0 aromatic rings. The normalized spacial score (nSPS) is 35.8. The second-order valence-electron chi connectivity index (χ2n) is 12.6. The van der Waals surface area contributed by atoms with Gasteiger partial charge in [-0.2, -0.15) is 0 Å². The molecule has 0 unspecified atom stereocenters. The van der Waals surface area contributed by atoms with E-state index in [2.05, 4.69) is 39.5 Å². The van der Waals surface area contributed by atoms with Crippen LogP contribution in [0.4, 0.5) is 0 Å². The Labute approximate surface area is 226 Å². The number of aliphatic carboxylic acids is 2. The van der Waals surface area contributed by atoms with Gasteiger partial charge in [0, 0.05) is 17.8 Å². The first kappa shape index (κ1) is 30.3. The third kappa shape index (κ3) is 4.93. The van der Waals surface area contributed by atoms with E-state index < -0.39 is 46.1 Å². The lowest BCUT2D eigenvalue weighted by Gasteiger charge is -2.56. The molecular weight excluding hydrogens is 484 g/mol. The fourth-order valence-corrected chi connectivity index (χ4v) is 8.09. The van der Waals surface area contributed by atoms with Gasteiger partial charge < -0.3 is 25.5 Å². The van der Waals surface area contributed by atoms with Gasteiger partial charge in [0.15, 0.2) is 0 Å². The van der Waals surface area contributed by atoms with Crippen LogP contribution >= 0.6 is 0 Å². The van der Waals surface area contributed by atoms with Crippen LogP contribution in [0.3, 0.4) is 0 Å². The molecule has 5 N–H and O–H groups in total. The summed E-state index contributed by atoms with van der Waals surface area (Å²) < 4.78 is 0. The number of fused-ring (bicyclic) bond motifs is 3. The second kappa shape index (κ2) is 11.1. The zero-order valence-corrected chi connectivity index (χ0v) is 23.6. The van der Waals surface area contributed by atoms with Crippen LogP contribution in [0.25, 0.3) is 0 Å². The highest BCUT2D eigenvalue weighted by Crippen LogP contribution is 2.70. The summed E-state index contributed by atoms with van der Waals surface area (Å²) in [5.74, 6) is -2.99. The van der Waals surface area contributed by atoms with Gasteiger partial charge in [-0.25, -0.2) is 0 Å². The minimum absolute atomic E-state index is 0.0547. The van der Waals surface area contributed by atoms with Gasteiger partial charge in [0.05, 0.1) is 25.2 Å². The Hall–Kier alpha value is -2.22. The molecule has 7 nitrogen and oxygen atoms in total. The lowest BCUT2D eigenvalue weighted by molar-refractivity contribution is -0.148. The molecule has 7 heteroatoms. The van der Waals surface area contributed by atoms with Gasteiger partial charge in [0.1, 0.15) is 0 Å². The summed E-state index contributed by atoms with van der Waals surface area (Å²) in [6, 6.07) is 0. The van der Waals surface area contributed by atoms with Crippen LogP contribution in [0.15, 0.2) is 46.6 Å². The number of carboxylic acids is 2. The van der Waals surface area contributed by atoms with Crippen LogP contribution in [0.1, 0.15) is 79.6 Å². The molecule has 0 spiro atoms. The Morgan fingerprint density at radius 2 is 1.71 bits per heavy atom. The highest BCUT2D eigenvalue weighted by atomic mass is 16.4. The van der Waals surface area contributed by atoms with Crippen molar-refractivity contribution < 1.29 is 35.1 Å². The maximum Gasteiger partial charge on any atom is 0.306 e. The van der Waals surface area contributed by atoms with Crippen molar-refractivity contribution in [3.8, 4) is 0 Å². The molecule has 0 heterocycles. The summed E-state index contributed by atoms with van der Waals surface area (Å²) in [4.78, 5) is 24.2. The third-order valence-corrected chi connectivity index (χ3v) is 10.6. The molecule has 1 saturated carbocycles. The number of carboxylic acid groups (broad SMARTS) is 2. The first-order chi connectivity index (χ1) is 17.7. The molecule has 212 valence electrons. The third-order valence-electron chi connectivity index (χ3n) is 10.6. The van der Waals surface area contributed by atoms with E-state index in [0.29, 0.717) is 36.8 Å². The largest absolute Gasteiger partial charge is 0.481 e. The van der Waals surface area contributed by atoms with Crippen LogP contribution < -0.4 is 0 Å². The number of aliphatic hydroxyl groups is 3. The van der Waals surface area contributed by atoms with E-state index in [9.17, 15) is 35.1 Å². The van der Waals surface area contributed by atoms with Crippen molar-refractivity contribution in [2.75, 3.05) is 13.2 Å². The van der Waals surface area contributed by atoms with Crippen molar-refractivity contribution in [2.24, 2.45) is 34.0 Å². The van der Waals surface area contributed by atoms with E-state index in [1.807, 2.05) is 6.92 Å². The number of carbonyl (C=O) groups is 2. The Balaban J connectivity index is 2.05. The summed E-state index contributed by atoms with van der Waals surface area (Å²) in [7, 11) is 0. The van der Waals surface area contributed by atoms with Gasteiger partial charge in [0.2, 0.25) is 0 Å². The SMILES string of the molecule is C=C(C)[C@@H]1CC=C2C(=CC[C@]3(C)[C@@H]([C@@H](CC/C(CO)=C(\C)CO)C(=O)O)[C@H](O)C[C@@]23C)[C@@]1(C)CCC(=O)O. The number of allylic oxidation sites excluding steroid dienone is 5. The molecule has 0 aromatic heterocycles. The quantitative estimate of drug-likeness (QED) is 0.240. The number of aliphatic hydroxyl groups excluding tert-OH is 3. The van der Waals surface area contributed by atoms with Gasteiger partial charge in [-0.1, -0.05) is 45.1 Å². The predicted molar refractivity (Wildman–Crippen MR) is 146 cm³/mol. The van der Waals surface area contributed by atoms with E-state index >= 15 is 0 Å². The summed E-state index contributed by atoms with van der Waals surface area (Å²) in [6.45, 7) is 13.9. The van der Waals surface area contributed by atoms with E-state index in [4.69, 9.17) is 0 Å². The average Bonchev–Trinajstić information content (AvgIpc) is 3.05. The molecule has 0 aromatic carbocycles. The summed E-state index contributed by atoms with van der Waals surface area (Å²) >= 11 is 0. The van der Waals surface area contributed by atoms with Crippen LogP contribution in [0.2, 0.25) is 0 Å². The van der Waals surface area contributed by atoms with Crippen LogP contribution in [-0.2, 0) is 9.59 Å². The van der Waals surface area contributed by atoms with Crippen molar-refractivity contribution in [1.29, 1.82) is 0 Å².